The predicted octanol–water partition coefficient (Wildman–Crippen LogP) is 6.62. The van der Waals surface area contributed by atoms with E-state index in [0.717, 1.165) is 0 Å². The molecule has 2 heteroatoms. The van der Waals surface area contributed by atoms with Crippen molar-refractivity contribution < 1.29 is 17.1 Å². The topological polar surface area (TPSA) is 0 Å². The van der Waals surface area contributed by atoms with Gasteiger partial charge in [-0.05, 0) is 0 Å². The van der Waals surface area contributed by atoms with Crippen LogP contribution in [0.25, 0.3) is 0 Å². The van der Waals surface area contributed by atoms with Crippen LogP contribution >= 0.6 is 0 Å². The molecule has 0 aromatic rings. The maximum atomic E-state index is 2.51. The summed E-state index contributed by atoms with van der Waals surface area (Å²) in [6, 6.07) is 0. The zero-order valence-electron chi connectivity index (χ0n) is 17.8. The first-order valence-corrected chi connectivity index (χ1v) is 26.8. The molecule has 0 amide bonds. The van der Waals surface area contributed by atoms with E-state index in [1.165, 1.54) is 8.35 Å². The molecule has 0 bridgehead atoms. The summed E-state index contributed by atoms with van der Waals surface area (Å²) < 4.78 is 6.66. The Hall–Kier alpha value is 0.0470. The van der Waals surface area contributed by atoms with Crippen LogP contribution in [0.4, 0.5) is 0 Å². The van der Waals surface area contributed by atoms with Gasteiger partial charge in [-0.1, -0.05) is 0 Å². The minimum absolute atomic E-state index is 0.659. The Morgan fingerprint density at radius 3 is 1.12 bits per heavy atom. The van der Waals surface area contributed by atoms with Crippen molar-refractivity contribution in [1.29, 1.82) is 0 Å². The van der Waals surface area contributed by atoms with Crippen LogP contribution in [0.5, 0.6) is 0 Å². The fraction of sp³-hybridized carbons (Fsp3) is 0.636. The third-order valence-corrected chi connectivity index (χ3v) is 51.0. The molecule has 134 valence electrons. The van der Waals surface area contributed by atoms with E-state index >= 15 is 0 Å². The summed E-state index contributed by atoms with van der Waals surface area (Å²) in [5, 5.41) is 0. The van der Waals surface area contributed by atoms with E-state index in [1.807, 2.05) is 6.66 Å². The van der Waals surface area contributed by atoms with E-state index in [2.05, 4.69) is 76.2 Å². The van der Waals surface area contributed by atoms with Gasteiger partial charge in [0.15, 0.2) is 0 Å². The van der Waals surface area contributed by atoms with Crippen molar-refractivity contribution in [2.24, 2.45) is 11.8 Å². The van der Waals surface area contributed by atoms with Crippen molar-refractivity contribution in [3.05, 3.63) is 40.1 Å². The van der Waals surface area contributed by atoms with Crippen molar-refractivity contribution in [3.8, 4) is 0 Å². The van der Waals surface area contributed by atoms with E-state index in [-0.39, 0.29) is 0 Å². The van der Waals surface area contributed by atoms with Gasteiger partial charge in [-0.2, -0.15) is 0 Å². The Labute approximate surface area is 153 Å². The Balaban J connectivity index is 2.87. The van der Waals surface area contributed by atoms with Gasteiger partial charge < -0.3 is 0 Å². The quantitative estimate of drug-likeness (QED) is 0.374. The molecular formula is C22H38HfSi. The first kappa shape index (κ1) is 20.4. The van der Waals surface area contributed by atoms with Crippen molar-refractivity contribution in [2.45, 2.75) is 77.6 Å². The molecule has 0 fully saturated rings. The normalized spacial score (nSPS) is 26.5. The summed E-state index contributed by atoms with van der Waals surface area (Å²) in [4.78, 5) is 0. The molecule has 0 heterocycles. The fourth-order valence-corrected chi connectivity index (χ4v) is 41.8. The summed E-state index contributed by atoms with van der Waals surface area (Å²) in [6.07, 6.45) is 0. The summed E-state index contributed by atoms with van der Waals surface area (Å²) in [5.74, 6) is 1.32. The zero-order valence-corrected chi connectivity index (χ0v) is 22.8. The second kappa shape index (κ2) is 6.34. The van der Waals surface area contributed by atoms with Gasteiger partial charge in [-0.15, -0.1) is 0 Å². The molecule has 2 rings (SSSR count). The van der Waals surface area contributed by atoms with Gasteiger partial charge in [0.2, 0.25) is 0 Å². The van der Waals surface area contributed by atoms with Crippen LogP contribution < -0.4 is 0 Å². The van der Waals surface area contributed by atoms with Gasteiger partial charge in [0.05, 0.1) is 0 Å². The maximum absolute atomic E-state index is 3.37. The van der Waals surface area contributed by atoms with E-state index < -0.39 is 17.1 Å². The second-order valence-corrected chi connectivity index (χ2v) is 45.6. The van der Waals surface area contributed by atoms with Crippen LogP contribution in [0.2, 0.25) is 8.35 Å². The predicted molar refractivity (Wildman–Crippen MR) is 110 cm³/mol. The van der Waals surface area contributed by atoms with E-state index in [4.69, 9.17) is 0 Å². The van der Waals surface area contributed by atoms with Crippen LogP contribution in [0.15, 0.2) is 40.1 Å². The standard InChI is InChI=1S/2C9H13.2C2H5.Hf.H2Si/c2*1-6-5-7(2)9(4)8(6)3;2*1-2;;/h2*6H,1-4H3;2*1H2,2H3;;1H2. The third-order valence-electron chi connectivity index (χ3n) is 8.40. The summed E-state index contributed by atoms with van der Waals surface area (Å²) in [7, 11) is 0. The Kier molecular flexibility index (Phi) is 5.38. The fourth-order valence-electron chi connectivity index (χ4n) is 6.00. The average Bonchev–Trinajstić information content (AvgIpc) is 2.88. The number of allylic oxidation sites excluding steroid dienone is 8. The van der Waals surface area contributed by atoms with Crippen LogP contribution in [0.3, 0.4) is 0 Å². The molecule has 0 aromatic heterocycles. The molecule has 2 atom stereocenters. The van der Waals surface area contributed by atoms with Gasteiger partial charge in [0, 0.05) is 0 Å². The molecule has 0 N–H and O–H groups in total. The zero-order chi connectivity index (χ0) is 18.6. The molecule has 0 spiro atoms. The first-order chi connectivity index (χ1) is 11.0. The molecular weight excluding hydrogens is 471 g/mol. The van der Waals surface area contributed by atoms with Gasteiger partial charge in [0.25, 0.3) is 0 Å². The molecule has 24 heavy (non-hydrogen) atoms. The van der Waals surface area contributed by atoms with Crippen molar-refractivity contribution >= 4 is 6.94 Å². The SMILES string of the molecule is C[CH2][Hf](=[SiH2])([CH2]C)([C]1=C(C)C(C)=C(C)C1C)[C]1=C(C)C(C)=C(C)C1C. The number of hydrogen-bond acceptors (Lipinski definition) is 0. The summed E-state index contributed by atoms with van der Waals surface area (Å²) in [5.41, 5.74) is 9.74. The Bertz CT molecular complexity index is 717. The van der Waals surface area contributed by atoms with Crippen molar-refractivity contribution in [3.63, 3.8) is 0 Å². The van der Waals surface area contributed by atoms with Crippen LogP contribution in [0.1, 0.15) is 69.2 Å². The van der Waals surface area contributed by atoms with E-state index in [9.17, 15) is 0 Å². The van der Waals surface area contributed by atoms with E-state index in [1.54, 1.807) is 33.4 Å². The second-order valence-electron chi connectivity index (χ2n) is 8.78. The minimum atomic E-state index is -3.37. The van der Waals surface area contributed by atoms with Crippen LogP contribution in [-0.2, 0) is 17.1 Å². The molecule has 0 aromatic carbocycles. The first-order valence-electron chi connectivity index (χ1n) is 9.78. The van der Waals surface area contributed by atoms with Crippen molar-refractivity contribution in [1.82, 2.24) is 0 Å². The summed E-state index contributed by atoms with van der Waals surface area (Å²) in [6.45, 7) is 26.8. The third kappa shape index (κ3) is 2.38. The molecule has 0 radical (unpaired) electrons. The molecule has 2 aliphatic rings. The van der Waals surface area contributed by atoms with Gasteiger partial charge in [-0.3, -0.25) is 0 Å². The molecule has 0 saturated carbocycles. The number of rotatable bonds is 4. The molecule has 0 nitrogen and oxygen atoms in total. The Morgan fingerprint density at radius 1 is 0.667 bits per heavy atom. The summed E-state index contributed by atoms with van der Waals surface area (Å²) >= 11 is -3.37. The van der Waals surface area contributed by atoms with E-state index in [0.29, 0.717) is 11.8 Å². The Morgan fingerprint density at radius 2 is 0.958 bits per heavy atom. The van der Waals surface area contributed by atoms with Gasteiger partial charge >= 0.3 is 154 Å². The molecule has 0 aliphatic heterocycles. The average molecular weight is 509 g/mol. The van der Waals surface area contributed by atoms with Gasteiger partial charge in [0.1, 0.15) is 0 Å². The monoisotopic (exact) mass is 510 g/mol. The number of hydrogen-bond donors (Lipinski definition) is 0. The van der Waals surface area contributed by atoms with Crippen LogP contribution in [0, 0.1) is 11.8 Å². The van der Waals surface area contributed by atoms with Crippen LogP contribution in [-0.4, -0.2) is 6.94 Å². The van der Waals surface area contributed by atoms with Crippen molar-refractivity contribution in [2.75, 3.05) is 0 Å². The molecule has 2 aliphatic carbocycles. The van der Waals surface area contributed by atoms with Gasteiger partial charge in [-0.25, -0.2) is 0 Å². The molecule has 0 saturated heterocycles. The molecule has 2 unspecified atom stereocenters.